The first-order chi connectivity index (χ1) is 15.1. The summed E-state index contributed by atoms with van der Waals surface area (Å²) in [5.74, 6) is 0.388. The Balaban J connectivity index is 1.53. The first-order valence-electron chi connectivity index (χ1n) is 10.6. The second-order valence-corrected chi connectivity index (χ2v) is 7.10. The molecule has 166 valence electrons. The summed E-state index contributed by atoms with van der Waals surface area (Å²) in [6.45, 7) is 4.46. The fourth-order valence-corrected chi connectivity index (χ4v) is 2.88. The van der Waals surface area contributed by atoms with Crippen LogP contribution in [0.3, 0.4) is 0 Å². The first-order valence-corrected chi connectivity index (χ1v) is 10.6. The Labute approximate surface area is 183 Å². The van der Waals surface area contributed by atoms with Gasteiger partial charge in [-0.2, -0.15) is 0 Å². The van der Waals surface area contributed by atoms with Gasteiger partial charge in [0, 0.05) is 6.08 Å². The fourth-order valence-electron chi connectivity index (χ4n) is 2.88. The van der Waals surface area contributed by atoms with Gasteiger partial charge in [0.15, 0.2) is 0 Å². The lowest BCUT2D eigenvalue weighted by molar-refractivity contribution is -0.137. The van der Waals surface area contributed by atoms with Gasteiger partial charge in [0.25, 0.3) is 0 Å². The molecule has 1 N–H and O–H groups in total. The van der Waals surface area contributed by atoms with Crippen molar-refractivity contribution in [1.82, 2.24) is 0 Å². The van der Waals surface area contributed by atoms with Crippen molar-refractivity contribution >= 4 is 11.9 Å². The number of phenolic OH excluding ortho intramolecular Hbond substituents is 1. The second-order valence-electron chi connectivity index (χ2n) is 7.10. The molecule has 0 aromatic heterocycles. The largest absolute Gasteiger partial charge is 0.508 e. The highest BCUT2D eigenvalue weighted by molar-refractivity contribution is 5.91. The minimum absolute atomic E-state index is 0.116. The zero-order chi connectivity index (χ0) is 22.3. The maximum Gasteiger partial charge on any atom is 0.343 e. The van der Waals surface area contributed by atoms with Crippen LogP contribution < -0.4 is 9.47 Å². The molecule has 0 aliphatic rings. The number of hydrogen-bond donors (Lipinski definition) is 1. The number of unbranched alkanes of at least 4 members (excludes halogenated alkanes) is 6. The van der Waals surface area contributed by atoms with E-state index in [9.17, 15) is 14.7 Å². The molecule has 31 heavy (non-hydrogen) atoms. The SMILES string of the molecule is C=CC(=O)OCCCCCCCCCOc1ccc(C(=O)Oc2ccc(O)cc2)cc1. The number of hydrogen-bond acceptors (Lipinski definition) is 6. The Kier molecular flexibility index (Phi) is 10.7. The molecule has 0 amide bonds. The predicted molar refractivity (Wildman–Crippen MR) is 118 cm³/mol. The normalized spacial score (nSPS) is 10.3. The molecule has 0 unspecified atom stereocenters. The summed E-state index contributed by atoms with van der Waals surface area (Å²) in [4.78, 5) is 23.0. The molecule has 0 saturated carbocycles. The monoisotopic (exact) mass is 426 g/mol. The van der Waals surface area contributed by atoms with Gasteiger partial charge in [0.1, 0.15) is 17.2 Å². The van der Waals surface area contributed by atoms with Crippen LogP contribution >= 0.6 is 0 Å². The fraction of sp³-hybridized carbons (Fsp3) is 0.360. The summed E-state index contributed by atoms with van der Waals surface area (Å²) in [6, 6.07) is 12.8. The van der Waals surface area contributed by atoms with Gasteiger partial charge < -0.3 is 19.3 Å². The van der Waals surface area contributed by atoms with Gasteiger partial charge >= 0.3 is 11.9 Å². The molecule has 0 spiro atoms. The smallest absolute Gasteiger partial charge is 0.343 e. The Bertz CT molecular complexity index is 811. The van der Waals surface area contributed by atoms with Crippen molar-refractivity contribution in [3.63, 3.8) is 0 Å². The first kappa shape index (κ1) is 24.0. The minimum Gasteiger partial charge on any atom is -0.508 e. The van der Waals surface area contributed by atoms with Crippen LogP contribution in [0.15, 0.2) is 61.2 Å². The number of esters is 2. The van der Waals surface area contributed by atoms with E-state index in [0.29, 0.717) is 24.5 Å². The third-order valence-electron chi connectivity index (χ3n) is 4.61. The molecule has 2 aromatic rings. The van der Waals surface area contributed by atoms with Crippen LogP contribution in [0.5, 0.6) is 17.2 Å². The van der Waals surface area contributed by atoms with Crippen LogP contribution in [0, 0.1) is 0 Å². The van der Waals surface area contributed by atoms with Crippen molar-refractivity contribution in [2.45, 2.75) is 44.9 Å². The minimum atomic E-state index is -0.462. The van der Waals surface area contributed by atoms with Crippen LogP contribution in [0.1, 0.15) is 55.3 Å². The molecule has 2 aromatic carbocycles. The van der Waals surface area contributed by atoms with Gasteiger partial charge in [-0.1, -0.05) is 38.7 Å². The molecule has 6 heteroatoms. The van der Waals surface area contributed by atoms with Gasteiger partial charge in [0.2, 0.25) is 0 Å². The average Bonchev–Trinajstić information content (AvgIpc) is 2.79. The highest BCUT2D eigenvalue weighted by Gasteiger charge is 2.09. The molecular weight excluding hydrogens is 396 g/mol. The highest BCUT2D eigenvalue weighted by Crippen LogP contribution is 2.19. The second kappa shape index (κ2) is 13.9. The number of carbonyl (C=O) groups is 2. The third kappa shape index (κ3) is 9.85. The summed E-state index contributed by atoms with van der Waals surface area (Å²) in [5, 5.41) is 9.26. The molecule has 0 radical (unpaired) electrons. The Morgan fingerprint density at radius 3 is 1.94 bits per heavy atom. The molecular formula is C25H30O6. The number of carbonyl (C=O) groups excluding carboxylic acids is 2. The number of benzene rings is 2. The summed E-state index contributed by atoms with van der Waals surface area (Å²) in [7, 11) is 0. The highest BCUT2D eigenvalue weighted by atomic mass is 16.5. The summed E-state index contributed by atoms with van der Waals surface area (Å²) in [5.41, 5.74) is 0.430. The van der Waals surface area contributed by atoms with Gasteiger partial charge in [-0.25, -0.2) is 9.59 Å². The standard InChI is InChI=1S/C25H30O6/c1-2-24(27)30-19-9-7-5-3-4-6-8-18-29-22-14-10-20(11-15-22)25(28)31-23-16-12-21(26)13-17-23/h2,10-17,26H,1,3-9,18-19H2. The topological polar surface area (TPSA) is 82.1 Å². The lowest BCUT2D eigenvalue weighted by Gasteiger charge is -2.08. The lowest BCUT2D eigenvalue weighted by Crippen LogP contribution is -2.08. The third-order valence-corrected chi connectivity index (χ3v) is 4.61. The van der Waals surface area contributed by atoms with Crippen molar-refractivity contribution < 1.29 is 28.9 Å². The van der Waals surface area contributed by atoms with Gasteiger partial charge in [-0.15, -0.1) is 0 Å². The molecule has 0 fully saturated rings. The van der Waals surface area contributed by atoms with Crippen molar-refractivity contribution in [3.05, 3.63) is 66.7 Å². The summed E-state index contributed by atoms with van der Waals surface area (Å²) >= 11 is 0. The van der Waals surface area contributed by atoms with E-state index in [0.717, 1.165) is 50.7 Å². The summed E-state index contributed by atoms with van der Waals surface area (Å²) in [6.07, 6.45) is 8.65. The van der Waals surface area contributed by atoms with Gasteiger partial charge in [-0.05, 0) is 61.4 Å². The molecule has 0 aliphatic carbocycles. The Morgan fingerprint density at radius 1 is 0.774 bits per heavy atom. The van der Waals surface area contributed by atoms with E-state index < -0.39 is 5.97 Å². The molecule has 0 heterocycles. The summed E-state index contributed by atoms with van der Waals surface area (Å²) < 4.78 is 15.9. The van der Waals surface area contributed by atoms with Crippen LogP contribution in [0.25, 0.3) is 0 Å². The van der Waals surface area contributed by atoms with E-state index in [-0.39, 0.29) is 11.7 Å². The molecule has 6 nitrogen and oxygen atoms in total. The van der Waals surface area contributed by atoms with E-state index in [1.807, 2.05) is 0 Å². The van der Waals surface area contributed by atoms with Gasteiger partial charge in [0.05, 0.1) is 18.8 Å². The van der Waals surface area contributed by atoms with E-state index in [2.05, 4.69) is 6.58 Å². The van der Waals surface area contributed by atoms with Crippen molar-refractivity contribution in [2.24, 2.45) is 0 Å². The number of ether oxygens (including phenoxy) is 3. The van der Waals surface area contributed by atoms with Gasteiger partial charge in [-0.3, -0.25) is 0 Å². The molecule has 0 aliphatic heterocycles. The number of rotatable bonds is 14. The Hall–Kier alpha value is -3.28. The number of phenols is 1. The maximum absolute atomic E-state index is 12.1. The van der Waals surface area contributed by atoms with Crippen LogP contribution in [-0.2, 0) is 9.53 Å². The zero-order valence-corrected chi connectivity index (χ0v) is 17.8. The molecule has 0 saturated heterocycles. The molecule has 0 atom stereocenters. The maximum atomic E-state index is 12.1. The molecule has 0 bridgehead atoms. The van der Waals surface area contributed by atoms with Crippen LogP contribution in [-0.4, -0.2) is 30.3 Å². The van der Waals surface area contributed by atoms with Crippen LogP contribution in [0.2, 0.25) is 0 Å². The molecule has 2 rings (SSSR count). The van der Waals surface area contributed by atoms with Crippen LogP contribution in [0.4, 0.5) is 0 Å². The average molecular weight is 427 g/mol. The number of aromatic hydroxyl groups is 1. The van der Waals surface area contributed by atoms with E-state index in [1.165, 1.54) is 30.3 Å². The van der Waals surface area contributed by atoms with E-state index in [4.69, 9.17) is 14.2 Å². The quantitative estimate of drug-likeness (QED) is 0.187. The van der Waals surface area contributed by atoms with E-state index >= 15 is 0 Å². The zero-order valence-electron chi connectivity index (χ0n) is 17.8. The van der Waals surface area contributed by atoms with E-state index in [1.54, 1.807) is 24.3 Å². The Morgan fingerprint density at radius 2 is 1.32 bits per heavy atom. The lowest BCUT2D eigenvalue weighted by atomic mass is 10.1. The predicted octanol–water partition coefficient (Wildman–Crippen LogP) is 5.45. The van der Waals surface area contributed by atoms with Crippen molar-refractivity contribution in [3.8, 4) is 17.2 Å². The van der Waals surface area contributed by atoms with Crippen molar-refractivity contribution in [2.75, 3.05) is 13.2 Å². The van der Waals surface area contributed by atoms with Crippen molar-refractivity contribution in [1.29, 1.82) is 0 Å².